The van der Waals surface area contributed by atoms with E-state index in [1.165, 1.54) is 55.2 Å². The van der Waals surface area contributed by atoms with Gasteiger partial charge in [0.05, 0.1) is 0 Å². The van der Waals surface area contributed by atoms with Crippen LogP contribution in [0.15, 0.2) is 72.8 Å². The molecule has 0 amide bonds. The third-order valence-corrected chi connectivity index (χ3v) is 6.26. The fraction of sp³-hybridized carbons (Fsp3) is 0.172. The smallest absolute Gasteiger partial charge is 0.133 e. The second-order valence-electron chi connectivity index (χ2n) is 8.53. The minimum atomic E-state index is 0.980. The van der Waals surface area contributed by atoms with Crippen LogP contribution in [0.3, 0.4) is 0 Å². The number of aryl methyl sites for hydroxylation is 4. The van der Waals surface area contributed by atoms with Gasteiger partial charge in [0.15, 0.2) is 0 Å². The monoisotopic (exact) mass is 405 g/mol. The molecule has 2 nitrogen and oxygen atoms in total. The Balaban J connectivity index is 0.000000132. The fourth-order valence-corrected chi connectivity index (χ4v) is 4.55. The molecule has 0 fully saturated rings. The highest BCUT2D eigenvalue weighted by Crippen LogP contribution is 2.40. The van der Waals surface area contributed by atoms with Gasteiger partial charge in [-0.25, -0.2) is 0 Å². The third kappa shape index (κ3) is 3.38. The second kappa shape index (κ2) is 7.63. The number of aromatic amines is 1. The first-order chi connectivity index (χ1) is 15.0. The molecule has 1 aromatic heterocycles. The molecule has 31 heavy (non-hydrogen) atoms. The molecule has 6 rings (SSSR count). The normalized spacial score (nSPS) is 12.0. The molecule has 0 unspecified atom stereocenters. The first-order valence-corrected chi connectivity index (χ1v) is 10.8. The number of benzene rings is 4. The summed E-state index contributed by atoms with van der Waals surface area (Å²) in [4.78, 5) is 3.51. The zero-order chi connectivity index (χ0) is 21.5. The van der Waals surface area contributed by atoms with Crippen LogP contribution >= 0.6 is 0 Å². The lowest BCUT2D eigenvalue weighted by Gasteiger charge is -2.23. The van der Waals surface area contributed by atoms with Crippen LogP contribution in [0.5, 0.6) is 11.5 Å². The zero-order valence-electron chi connectivity index (χ0n) is 18.5. The van der Waals surface area contributed by atoms with Crippen molar-refractivity contribution in [3.63, 3.8) is 0 Å². The molecule has 0 saturated carbocycles. The molecule has 0 atom stereocenters. The number of nitrogens with one attached hydrogen (secondary N) is 1. The molecule has 4 aromatic carbocycles. The number of hydrogen-bond acceptors (Lipinski definition) is 1. The predicted molar refractivity (Wildman–Crippen MR) is 131 cm³/mol. The number of hydrogen-bond donors (Lipinski definition) is 1. The van der Waals surface area contributed by atoms with Gasteiger partial charge < -0.3 is 9.72 Å². The van der Waals surface area contributed by atoms with Crippen molar-refractivity contribution in [2.24, 2.45) is 0 Å². The van der Waals surface area contributed by atoms with Crippen LogP contribution in [0.2, 0.25) is 0 Å². The molecule has 0 radical (unpaired) electrons. The number of para-hydroxylation sites is 4. The van der Waals surface area contributed by atoms with Crippen molar-refractivity contribution < 1.29 is 4.74 Å². The van der Waals surface area contributed by atoms with Crippen molar-refractivity contribution in [2.75, 3.05) is 0 Å². The lowest BCUT2D eigenvalue weighted by atomic mass is 9.97. The van der Waals surface area contributed by atoms with Crippen molar-refractivity contribution in [3.05, 3.63) is 106 Å². The molecule has 0 bridgehead atoms. The summed E-state index contributed by atoms with van der Waals surface area (Å²) in [5.41, 5.74) is 10.2. The Bertz CT molecular complexity index is 1320. The number of aromatic nitrogens is 1. The van der Waals surface area contributed by atoms with Crippen LogP contribution in [0.4, 0.5) is 0 Å². The SMILES string of the molecule is Cc1cccc2c1Oc1c(C)cccc1C2.Cc1cccc2c1[nH]c1c(C)cccc12. The highest BCUT2D eigenvalue weighted by atomic mass is 16.5. The lowest BCUT2D eigenvalue weighted by Crippen LogP contribution is -2.05. The Morgan fingerprint density at radius 2 is 0.968 bits per heavy atom. The van der Waals surface area contributed by atoms with Gasteiger partial charge >= 0.3 is 0 Å². The Morgan fingerprint density at radius 1 is 0.548 bits per heavy atom. The molecule has 2 heterocycles. The number of H-pyrrole nitrogens is 1. The molecule has 5 aromatic rings. The minimum Gasteiger partial charge on any atom is -0.456 e. The average molecular weight is 406 g/mol. The number of ether oxygens (including phenoxy) is 1. The minimum absolute atomic E-state index is 0.980. The van der Waals surface area contributed by atoms with E-state index >= 15 is 0 Å². The summed E-state index contributed by atoms with van der Waals surface area (Å²) in [7, 11) is 0. The van der Waals surface area contributed by atoms with Gasteiger partial charge in [0.2, 0.25) is 0 Å². The van der Waals surface area contributed by atoms with Crippen LogP contribution < -0.4 is 4.74 Å². The van der Waals surface area contributed by atoms with Crippen LogP contribution in [-0.4, -0.2) is 4.98 Å². The van der Waals surface area contributed by atoms with Crippen LogP contribution in [0, 0.1) is 27.7 Å². The maximum Gasteiger partial charge on any atom is 0.133 e. The zero-order valence-corrected chi connectivity index (χ0v) is 18.5. The first-order valence-electron chi connectivity index (χ1n) is 10.8. The Hall–Kier alpha value is -3.52. The van der Waals surface area contributed by atoms with E-state index in [2.05, 4.69) is 105 Å². The Kier molecular flexibility index (Phi) is 4.78. The number of fused-ring (bicyclic) bond motifs is 5. The molecule has 2 heteroatoms. The molecule has 1 aliphatic heterocycles. The van der Waals surface area contributed by atoms with Crippen LogP contribution in [0.25, 0.3) is 21.8 Å². The van der Waals surface area contributed by atoms with Gasteiger partial charge in [0.25, 0.3) is 0 Å². The molecule has 0 spiro atoms. The average Bonchev–Trinajstić information content (AvgIpc) is 3.16. The molecular weight excluding hydrogens is 378 g/mol. The molecule has 1 N–H and O–H groups in total. The highest BCUT2D eigenvalue weighted by molar-refractivity contribution is 6.09. The molecule has 0 aliphatic carbocycles. The van der Waals surface area contributed by atoms with E-state index < -0.39 is 0 Å². The topological polar surface area (TPSA) is 25.0 Å². The van der Waals surface area contributed by atoms with Crippen molar-refractivity contribution in [3.8, 4) is 11.5 Å². The van der Waals surface area contributed by atoms with E-state index in [9.17, 15) is 0 Å². The van der Waals surface area contributed by atoms with E-state index in [1.54, 1.807) is 0 Å². The molecule has 0 saturated heterocycles. The third-order valence-electron chi connectivity index (χ3n) is 6.26. The largest absolute Gasteiger partial charge is 0.456 e. The fourth-order valence-electron chi connectivity index (χ4n) is 4.55. The van der Waals surface area contributed by atoms with Gasteiger partial charge in [-0.2, -0.15) is 0 Å². The van der Waals surface area contributed by atoms with Crippen molar-refractivity contribution >= 4 is 21.8 Å². The predicted octanol–water partition coefficient (Wildman–Crippen LogP) is 7.94. The van der Waals surface area contributed by atoms with Gasteiger partial charge in [-0.1, -0.05) is 72.8 Å². The van der Waals surface area contributed by atoms with Crippen LogP contribution in [0.1, 0.15) is 33.4 Å². The van der Waals surface area contributed by atoms with E-state index in [-0.39, 0.29) is 0 Å². The lowest BCUT2D eigenvalue weighted by molar-refractivity contribution is 0.453. The van der Waals surface area contributed by atoms with Crippen molar-refractivity contribution in [2.45, 2.75) is 34.1 Å². The van der Waals surface area contributed by atoms with E-state index in [0.29, 0.717) is 0 Å². The summed E-state index contributed by atoms with van der Waals surface area (Å²) < 4.78 is 6.04. The van der Waals surface area contributed by atoms with Crippen molar-refractivity contribution in [1.82, 2.24) is 4.98 Å². The first kappa shape index (κ1) is 19.4. The molecular formula is C29H27NO. The summed E-state index contributed by atoms with van der Waals surface area (Å²) in [6.45, 7) is 8.49. The standard InChI is InChI=1S/C15H14O.C14H13N/c1-10-5-3-7-12-9-13-8-4-6-11(2)15(13)16-14(10)12;1-9-5-3-7-11-12-8-4-6-10(2)14(12)15-13(9)11/h3-8H,9H2,1-2H3;3-8,15H,1-2H3. The maximum absolute atomic E-state index is 6.04. The summed E-state index contributed by atoms with van der Waals surface area (Å²) in [6.07, 6.45) is 0.980. The van der Waals surface area contributed by atoms with Crippen molar-refractivity contribution in [1.29, 1.82) is 0 Å². The van der Waals surface area contributed by atoms with E-state index in [1.807, 2.05) is 0 Å². The summed E-state index contributed by atoms with van der Waals surface area (Å²) >= 11 is 0. The maximum atomic E-state index is 6.04. The Labute approximate surface area is 183 Å². The van der Waals surface area contributed by atoms with Gasteiger partial charge in [-0.15, -0.1) is 0 Å². The van der Waals surface area contributed by atoms with Gasteiger partial charge in [-0.05, 0) is 61.1 Å². The summed E-state index contributed by atoms with van der Waals surface area (Å²) in [5.74, 6) is 2.09. The molecule has 154 valence electrons. The van der Waals surface area contributed by atoms with Gasteiger partial charge in [0, 0.05) is 28.2 Å². The van der Waals surface area contributed by atoms with Crippen LogP contribution in [-0.2, 0) is 6.42 Å². The number of rotatable bonds is 0. The second-order valence-corrected chi connectivity index (χ2v) is 8.53. The van der Waals surface area contributed by atoms with Gasteiger partial charge in [-0.3, -0.25) is 0 Å². The Morgan fingerprint density at radius 3 is 1.45 bits per heavy atom. The summed E-state index contributed by atoms with van der Waals surface area (Å²) in [6, 6.07) is 25.6. The highest BCUT2D eigenvalue weighted by Gasteiger charge is 2.19. The molecule has 1 aliphatic rings. The summed E-state index contributed by atoms with van der Waals surface area (Å²) in [5, 5.41) is 2.66. The van der Waals surface area contributed by atoms with E-state index in [4.69, 9.17) is 4.74 Å². The van der Waals surface area contributed by atoms with E-state index in [0.717, 1.165) is 17.9 Å². The van der Waals surface area contributed by atoms with Gasteiger partial charge in [0.1, 0.15) is 11.5 Å². The quantitative estimate of drug-likeness (QED) is 0.273.